The van der Waals surface area contributed by atoms with E-state index in [9.17, 15) is 0 Å². The first-order valence-corrected chi connectivity index (χ1v) is 8.35. The molecule has 0 spiro atoms. The van der Waals surface area contributed by atoms with E-state index in [4.69, 9.17) is 16.3 Å². The van der Waals surface area contributed by atoms with Gasteiger partial charge in [0.15, 0.2) is 0 Å². The van der Waals surface area contributed by atoms with Gasteiger partial charge in [0.25, 0.3) is 0 Å². The number of ether oxygens (including phenoxy) is 1. The van der Waals surface area contributed by atoms with Gasteiger partial charge in [0.2, 0.25) is 5.95 Å². The van der Waals surface area contributed by atoms with Gasteiger partial charge in [-0.3, -0.25) is 0 Å². The lowest BCUT2D eigenvalue weighted by molar-refractivity contribution is 0.417. The zero-order chi connectivity index (χ0) is 17.6. The van der Waals surface area contributed by atoms with Crippen molar-refractivity contribution in [3.63, 3.8) is 0 Å². The Kier molecular flexibility index (Phi) is 5.36. The maximum Gasteiger partial charge on any atom is 0.231 e. The minimum absolute atomic E-state index is 0.622. The number of benzene rings is 2. The number of hydrogen-bond donors (Lipinski definition) is 1. The van der Waals surface area contributed by atoms with Gasteiger partial charge in [-0.25, -0.2) is 4.98 Å². The van der Waals surface area contributed by atoms with Crippen molar-refractivity contribution in [3.05, 3.63) is 65.8 Å². The Hall–Kier alpha value is -2.79. The second-order valence-corrected chi connectivity index (χ2v) is 5.73. The zero-order valence-corrected chi connectivity index (χ0v) is 14.9. The van der Waals surface area contributed by atoms with Crippen LogP contribution >= 0.6 is 11.6 Å². The molecule has 0 unspecified atom stereocenters. The molecule has 0 radical (unpaired) electrons. The van der Waals surface area contributed by atoms with E-state index in [0.717, 1.165) is 17.9 Å². The molecule has 128 valence electrons. The third-order valence-corrected chi connectivity index (χ3v) is 3.93. The Morgan fingerprint density at radius 3 is 2.64 bits per heavy atom. The maximum atomic E-state index is 6.09. The molecule has 25 heavy (non-hydrogen) atoms. The average molecular weight is 355 g/mol. The zero-order valence-electron chi connectivity index (χ0n) is 14.1. The topological polar surface area (TPSA) is 50.3 Å². The first-order chi connectivity index (χ1) is 12.2. The summed E-state index contributed by atoms with van der Waals surface area (Å²) in [5.41, 5.74) is 1.80. The van der Waals surface area contributed by atoms with Crippen molar-refractivity contribution in [2.24, 2.45) is 0 Å². The fourth-order valence-electron chi connectivity index (χ4n) is 2.51. The summed E-state index contributed by atoms with van der Waals surface area (Å²) in [7, 11) is 1.62. The van der Waals surface area contributed by atoms with Gasteiger partial charge in [-0.15, -0.1) is 0 Å². The van der Waals surface area contributed by atoms with E-state index in [2.05, 4.69) is 22.2 Å². The molecule has 3 rings (SSSR count). The summed E-state index contributed by atoms with van der Waals surface area (Å²) in [5.74, 6) is 1.99. The van der Waals surface area contributed by atoms with Gasteiger partial charge in [-0.2, -0.15) is 4.98 Å². The third kappa shape index (κ3) is 4.00. The van der Waals surface area contributed by atoms with Crippen LogP contribution in [0.15, 0.2) is 60.8 Å². The van der Waals surface area contributed by atoms with Crippen LogP contribution in [0.2, 0.25) is 5.02 Å². The van der Waals surface area contributed by atoms with Crippen molar-refractivity contribution in [2.45, 2.75) is 6.92 Å². The van der Waals surface area contributed by atoms with Gasteiger partial charge in [-0.05, 0) is 43.3 Å². The average Bonchev–Trinajstić information content (AvgIpc) is 2.64. The van der Waals surface area contributed by atoms with Crippen LogP contribution in [0.5, 0.6) is 5.75 Å². The highest BCUT2D eigenvalue weighted by Crippen LogP contribution is 2.30. The van der Waals surface area contributed by atoms with E-state index in [0.29, 0.717) is 22.5 Å². The molecule has 0 fully saturated rings. The molecule has 3 aromatic rings. The smallest absolute Gasteiger partial charge is 0.231 e. The fourth-order valence-corrected chi connectivity index (χ4v) is 2.68. The van der Waals surface area contributed by atoms with Crippen molar-refractivity contribution >= 4 is 34.7 Å². The first-order valence-electron chi connectivity index (χ1n) is 7.97. The highest BCUT2D eigenvalue weighted by atomic mass is 35.5. The van der Waals surface area contributed by atoms with Crippen LogP contribution in [0.4, 0.5) is 23.1 Å². The van der Waals surface area contributed by atoms with Gasteiger partial charge >= 0.3 is 0 Å². The van der Waals surface area contributed by atoms with Crippen molar-refractivity contribution in [3.8, 4) is 5.75 Å². The molecular weight excluding hydrogens is 336 g/mol. The van der Waals surface area contributed by atoms with Gasteiger partial charge in [0.1, 0.15) is 11.6 Å². The van der Waals surface area contributed by atoms with Gasteiger partial charge < -0.3 is 15.0 Å². The Morgan fingerprint density at radius 1 is 1.12 bits per heavy atom. The summed E-state index contributed by atoms with van der Waals surface area (Å²) in [4.78, 5) is 11.1. The van der Waals surface area contributed by atoms with E-state index in [1.54, 1.807) is 25.4 Å². The highest BCUT2D eigenvalue weighted by molar-refractivity contribution is 6.31. The van der Waals surface area contributed by atoms with E-state index in [1.165, 1.54) is 0 Å². The monoisotopic (exact) mass is 354 g/mol. The van der Waals surface area contributed by atoms with Crippen LogP contribution in [0.1, 0.15) is 6.92 Å². The minimum atomic E-state index is 0.622. The molecule has 0 saturated carbocycles. The normalized spacial score (nSPS) is 10.4. The Labute approximate surface area is 152 Å². The summed E-state index contributed by atoms with van der Waals surface area (Å²) >= 11 is 6.09. The number of nitrogens with one attached hydrogen (secondary N) is 1. The molecule has 1 heterocycles. The predicted octanol–water partition coefficient (Wildman–Crippen LogP) is 5.04. The standard InChI is InChI=1S/C19H19ClN4O/c1-3-24(15-7-5-4-6-8-15)19-21-12-11-18(23-19)22-16-13-14(20)9-10-17(16)25-2/h4-13H,3H2,1-2H3,(H,21,22,23). The van der Waals surface area contributed by atoms with Crippen LogP contribution in [0, 0.1) is 0 Å². The summed E-state index contributed by atoms with van der Waals surface area (Å²) in [6.07, 6.45) is 1.73. The van der Waals surface area contributed by atoms with Crippen LogP contribution in [0.3, 0.4) is 0 Å². The molecule has 1 N–H and O–H groups in total. The number of para-hydroxylation sites is 1. The van der Waals surface area contributed by atoms with Crippen molar-refractivity contribution in [2.75, 3.05) is 23.9 Å². The summed E-state index contributed by atoms with van der Waals surface area (Å²) in [6, 6.07) is 17.3. The largest absolute Gasteiger partial charge is 0.495 e. The van der Waals surface area contributed by atoms with Crippen molar-refractivity contribution in [1.82, 2.24) is 9.97 Å². The first kappa shape index (κ1) is 17.0. The van der Waals surface area contributed by atoms with Crippen LogP contribution in [0.25, 0.3) is 0 Å². The molecule has 2 aromatic carbocycles. The summed E-state index contributed by atoms with van der Waals surface area (Å²) in [6.45, 7) is 2.82. The van der Waals surface area contributed by atoms with Crippen molar-refractivity contribution in [1.29, 1.82) is 0 Å². The second-order valence-electron chi connectivity index (χ2n) is 5.29. The van der Waals surface area contributed by atoms with E-state index in [1.807, 2.05) is 47.4 Å². The number of anilines is 4. The highest BCUT2D eigenvalue weighted by Gasteiger charge is 2.11. The molecule has 0 aliphatic heterocycles. The fraction of sp³-hybridized carbons (Fsp3) is 0.158. The number of nitrogens with zero attached hydrogens (tertiary/aromatic N) is 3. The molecule has 0 bridgehead atoms. The van der Waals surface area contributed by atoms with Crippen LogP contribution < -0.4 is 15.0 Å². The Morgan fingerprint density at radius 2 is 1.92 bits per heavy atom. The van der Waals surface area contributed by atoms with Crippen LogP contribution in [-0.4, -0.2) is 23.6 Å². The number of halogens is 1. The molecule has 5 nitrogen and oxygen atoms in total. The summed E-state index contributed by atoms with van der Waals surface area (Å²) < 4.78 is 5.37. The number of aromatic nitrogens is 2. The molecule has 0 amide bonds. The lowest BCUT2D eigenvalue weighted by Crippen LogP contribution is -2.19. The second kappa shape index (κ2) is 7.85. The number of methoxy groups -OCH3 is 1. The quantitative estimate of drug-likeness (QED) is 0.672. The molecule has 0 aliphatic rings. The Bertz CT molecular complexity index is 842. The number of hydrogen-bond acceptors (Lipinski definition) is 5. The van der Waals surface area contributed by atoms with Crippen LogP contribution in [-0.2, 0) is 0 Å². The lowest BCUT2D eigenvalue weighted by atomic mass is 10.3. The Balaban J connectivity index is 1.90. The van der Waals surface area contributed by atoms with E-state index >= 15 is 0 Å². The minimum Gasteiger partial charge on any atom is -0.495 e. The third-order valence-electron chi connectivity index (χ3n) is 3.69. The van der Waals surface area contributed by atoms with Gasteiger partial charge in [0, 0.05) is 23.5 Å². The van der Waals surface area contributed by atoms with Gasteiger partial charge in [-0.1, -0.05) is 29.8 Å². The maximum absolute atomic E-state index is 6.09. The molecule has 0 saturated heterocycles. The van der Waals surface area contributed by atoms with E-state index < -0.39 is 0 Å². The molecule has 0 atom stereocenters. The molecular formula is C19H19ClN4O. The van der Waals surface area contributed by atoms with Crippen molar-refractivity contribution < 1.29 is 4.74 Å². The predicted molar refractivity (Wildman–Crippen MR) is 102 cm³/mol. The van der Waals surface area contributed by atoms with Gasteiger partial charge in [0.05, 0.1) is 12.8 Å². The molecule has 0 aliphatic carbocycles. The molecule has 1 aromatic heterocycles. The number of rotatable bonds is 6. The SMILES string of the molecule is CCN(c1ccccc1)c1nccc(Nc2cc(Cl)ccc2OC)n1. The van der Waals surface area contributed by atoms with E-state index in [-0.39, 0.29) is 0 Å². The summed E-state index contributed by atoms with van der Waals surface area (Å²) in [5, 5.41) is 3.87. The molecule has 6 heteroatoms. The lowest BCUT2D eigenvalue weighted by Gasteiger charge is -2.21.